The van der Waals surface area contributed by atoms with E-state index in [0.717, 1.165) is 5.56 Å². The molecule has 2 amide bonds. The lowest BCUT2D eigenvalue weighted by atomic mass is 10.0. The Morgan fingerprint density at radius 2 is 1.66 bits per heavy atom. The summed E-state index contributed by atoms with van der Waals surface area (Å²) in [6.45, 7) is 5.10. The van der Waals surface area contributed by atoms with Gasteiger partial charge in [0.2, 0.25) is 5.91 Å². The van der Waals surface area contributed by atoms with E-state index in [1.165, 1.54) is 0 Å². The zero-order valence-electron chi connectivity index (χ0n) is 16.7. The molecule has 0 bridgehead atoms. The third kappa shape index (κ3) is 6.29. The average Bonchev–Trinajstić information content (AvgIpc) is 2.68. The topological polar surface area (TPSA) is 84.7 Å². The quantitative estimate of drug-likeness (QED) is 0.780. The van der Waals surface area contributed by atoms with E-state index in [-0.39, 0.29) is 48.9 Å². The molecule has 0 saturated carbocycles. The van der Waals surface area contributed by atoms with E-state index in [1.54, 1.807) is 24.3 Å². The lowest BCUT2D eigenvalue weighted by Gasteiger charge is -2.35. The molecule has 1 heterocycles. The number of carbonyl (C=O) groups excluding carboxylic acids is 2. The van der Waals surface area contributed by atoms with Crippen molar-refractivity contribution in [2.24, 2.45) is 5.73 Å². The second kappa shape index (κ2) is 10.4. The van der Waals surface area contributed by atoms with Crippen LogP contribution in [0.3, 0.4) is 0 Å². The van der Waals surface area contributed by atoms with Crippen LogP contribution in [0.5, 0.6) is 0 Å². The monoisotopic (exact) mass is 417 g/mol. The molecule has 29 heavy (non-hydrogen) atoms. The maximum Gasteiger partial charge on any atom is 0.254 e. The third-order valence-electron chi connectivity index (χ3n) is 4.76. The Labute approximate surface area is 177 Å². The van der Waals surface area contributed by atoms with Gasteiger partial charge in [-0.2, -0.15) is 0 Å². The lowest BCUT2D eigenvalue weighted by molar-refractivity contribution is -0.116. The number of anilines is 1. The average molecular weight is 418 g/mol. The van der Waals surface area contributed by atoms with Crippen molar-refractivity contribution < 1.29 is 14.3 Å². The number of benzene rings is 2. The molecule has 1 aliphatic rings. The molecule has 0 radical (unpaired) electrons. The summed E-state index contributed by atoms with van der Waals surface area (Å²) >= 11 is 0. The van der Waals surface area contributed by atoms with Gasteiger partial charge >= 0.3 is 0 Å². The second-order valence-corrected chi connectivity index (χ2v) is 7.31. The van der Waals surface area contributed by atoms with Crippen LogP contribution >= 0.6 is 12.4 Å². The number of morpholine rings is 1. The van der Waals surface area contributed by atoms with Crippen molar-refractivity contribution in [2.75, 3.05) is 18.4 Å². The number of nitrogens with one attached hydrogen (secondary N) is 1. The first-order chi connectivity index (χ1) is 13.4. The molecule has 156 valence electrons. The fraction of sp³-hybridized carbons (Fsp3) is 0.364. The van der Waals surface area contributed by atoms with Crippen LogP contribution in [0.2, 0.25) is 0 Å². The zero-order chi connectivity index (χ0) is 20.1. The summed E-state index contributed by atoms with van der Waals surface area (Å²) in [6, 6.07) is 16.1. The number of halogens is 1. The number of carbonyl (C=O) groups is 2. The van der Waals surface area contributed by atoms with E-state index in [9.17, 15) is 9.59 Å². The van der Waals surface area contributed by atoms with Crippen molar-refractivity contribution in [2.45, 2.75) is 38.5 Å². The molecule has 1 fully saturated rings. The van der Waals surface area contributed by atoms with Gasteiger partial charge in [-0.15, -0.1) is 12.4 Å². The van der Waals surface area contributed by atoms with Gasteiger partial charge in [-0.25, -0.2) is 0 Å². The Kier molecular flexibility index (Phi) is 8.20. The van der Waals surface area contributed by atoms with Crippen LogP contribution < -0.4 is 11.1 Å². The fourth-order valence-corrected chi connectivity index (χ4v) is 3.45. The van der Waals surface area contributed by atoms with Crippen molar-refractivity contribution in [3.05, 3.63) is 65.7 Å². The van der Waals surface area contributed by atoms with Gasteiger partial charge in [0.1, 0.15) is 0 Å². The number of rotatable bonds is 5. The normalized spacial score (nSPS) is 19.8. The summed E-state index contributed by atoms with van der Waals surface area (Å²) in [4.78, 5) is 26.8. The van der Waals surface area contributed by atoms with E-state index in [2.05, 4.69) is 5.32 Å². The van der Waals surface area contributed by atoms with Crippen LogP contribution in [0.4, 0.5) is 5.69 Å². The molecule has 0 spiro atoms. The summed E-state index contributed by atoms with van der Waals surface area (Å²) < 4.78 is 5.68. The molecule has 6 nitrogen and oxygen atoms in total. The predicted molar refractivity (Wildman–Crippen MR) is 116 cm³/mol. The van der Waals surface area contributed by atoms with Crippen LogP contribution in [0.1, 0.15) is 42.2 Å². The van der Waals surface area contributed by atoms with Crippen LogP contribution in [0, 0.1) is 0 Å². The third-order valence-corrected chi connectivity index (χ3v) is 4.76. The summed E-state index contributed by atoms with van der Waals surface area (Å²) in [5.41, 5.74) is 8.26. The SMILES string of the molecule is CC1CN(C(=O)c2ccc(NC(=O)CC(N)c3ccccc3)cc2)CC(C)O1.Cl. The summed E-state index contributed by atoms with van der Waals surface area (Å²) in [6.07, 6.45) is 0.244. The zero-order valence-corrected chi connectivity index (χ0v) is 17.5. The largest absolute Gasteiger partial charge is 0.372 e. The van der Waals surface area contributed by atoms with Crippen molar-refractivity contribution in [1.29, 1.82) is 0 Å². The van der Waals surface area contributed by atoms with Crippen LogP contribution in [0.15, 0.2) is 54.6 Å². The molecule has 2 aromatic carbocycles. The van der Waals surface area contributed by atoms with E-state index in [4.69, 9.17) is 10.5 Å². The molecule has 0 aliphatic carbocycles. The van der Waals surface area contributed by atoms with Gasteiger partial charge < -0.3 is 20.7 Å². The minimum absolute atomic E-state index is 0. The molecule has 1 saturated heterocycles. The smallest absolute Gasteiger partial charge is 0.254 e. The molecule has 3 N–H and O–H groups in total. The molecule has 1 aliphatic heterocycles. The Morgan fingerprint density at radius 1 is 1.07 bits per heavy atom. The molecule has 0 aromatic heterocycles. The van der Waals surface area contributed by atoms with Crippen molar-refractivity contribution in [3.63, 3.8) is 0 Å². The number of nitrogens with two attached hydrogens (primary N) is 1. The Morgan fingerprint density at radius 3 is 2.24 bits per heavy atom. The number of hydrogen-bond acceptors (Lipinski definition) is 4. The fourth-order valence-electron chi connectivity index (χ4n) is 3.45. The van der Waals surface area contributed by atoms with Gasteiger partial charge in [0.05, 0.1) is 12.2 Å². The Balaban J connectivity index is 0.00000300. The summed E-state index contributed by atoms with van der Waals surface area (Å²) in [5.74, 6) is -0.183. The second-order valence-electron chi connectivity index (χ2n) is 7.31. The first-order valence-corrected chi connectivity index (χ1v) is 9.57. The number of ether oxygens (including phenoxy) is 1. The molecule has 7 heteroatoms. The standard InChI is InChI=1S/C22H27N3O3.ClH/c1-15-13-25(14-16(2)28-15)22(27)18-8-10-19(11-9-18)24-21(26)12-20(23)17-6-4-3-5-7-17;/h3-11,15-16,20H,12-14,23H2,1-2H3,(H,24,26);1H. The highest BCUT2D eigenvalue weighted by atomic mass is 35.5. The predicted octanol–water partition coefficient (Wildman–Crippen LogP) is 3.39. The highest BCUT2D eigenvalue weighted by molar-refractivity contribution is 5.96. The van der Waals surface area contributed by atoms with Crippen LogP contribution in [-0.2, 0) is 9.53 Å². The molecule has 3 unspecified atom stereocenters. The first kappa shape index (κ1) is 22.9. The van der Waals surface area contributed by atoms with Gasteiger partial charge in [0, 0.05) is 36.8 Å². The van der Waals surface area contributed by atoms with Gasteiger partial charge in [-0.3, -0.25) is 9.59 Å². The summed E-state index contributed by atoms with van der Waals surface area (Å²) in [7, 11) is 0. The van der Waals surface area contributed by atoms with Gasteiger partial charge in [-0.05, 0) is 43.7 Å². The highest BCUT2D eigenvalue weighted by Gasteiger charge is 2.26. The molecular formula is C22H28ClN3O3. The highest BCUT2D eigenvalue weighted by Crippen LogP contribution is 2.18. The molecule has 3 atom stereocenters. The number of nitrogens with zero attached hydrogens (tertiary/aromatic N) is 1. The molecule has 3 rings (SSSR count). The van der Waals surface area contributed by atoms with Crippen molar-refractivity contribution >= 4 is 29.9 Å². The van der Waals surface area contributed by atoms with Crippen LogP contribution in [-0.4, -0.2) is 42.0 Å². The number of amides is 2. The maximum atomic E-state index is 12.7. The van der Waals surface area contributed by atoms with Gasteiger partial charge in [0.15, 0.2) is 0 Å². The van der Waals surface area contributed by atoms with Gasteiger partial charge in [0.25, 0.3) is 5.91 Å². The minimum Gasteiger partial charge on any atom is -0.372 e. The van der Waals surface area contributed by atoms with E-state index in [0.29, 0.717) is 24.3 Å². The lowest BCUT2D eigenvalue weighted by Crippen LogP contribution is -2.48. The molecule has 2 aromatic rings. The van der Waals surface area contributed by atoms with Crippen LogP contribution in [0.25, 0.3) is 0 Å². The molecular weight excluding hydrogens is 390 g/mol. The number of hydrogen-bond donors (Lipinski definition) is 2. The van der Waals surface area contributed by atoms with E-state index < -0.39 is 0 Å². The Bertz CT molecular complexity index is 804. The van der Waals surface area contributed by atoms with Crippen molar-refractivity contribution in [3.8, 4) is 0 Å². The van der Waals surface area contributed by atoms with Crippen molar-refractivity contribution in [1.82, 2.24) is 4.90 Å². The summed E-state index contributed by atoms with van der Waals surface area (Å²) in [5, 5.41) is 2.84. The Hall–Kier alpha value is -2.41. The minimum atomic E-state index is -0.354. The van der Waals surface area contributed by atoms with Gasteiger partial charge in [-0.1, -0.05) is 30.3 Å². The maximum absolute atomic E-state index is 12.7. The van der Waals surface area contributed by atoms with E-state index in [1.807, 2.05) is 49.1 Å². The first-order valence-electron chi connectivity index (χ1n) is 9.57. The van der Waals surface area contributed by atoms with E-state index >= 15 is 0 Å².